The highest BCUT2D eigenvalue weighted by Gasteiger charge is 2.19. The van der Waals surface area contributed by atoms with E-state index in [4.69, 9.17) is 10.5 Å². The summed E-state index contributed by atoms with van der Waals surface area (Å²) in [6.07, 6.45) is 2.62. The van der Waals surface area contributed by atoms with Crippen LogP contribution >= 0.6 is 0 Å². The van der Waals surface area contributed by atoms with Crippen molar-refractivity contribution in [3.63, 3.8) is 0 Å². The lowest BCUT2D eigenvalue weighted by molar-refractivity contribution is 0.127. The van der Waals surface area contributed by atoms with Gasteiger partial charge in [-0.2, -0.15) is 0 Å². The Labute approximate surface area is 114 Å². The van der Waals surface area contributed by atoms with Crippen molar-refractivity contribution in [3.8, 4) is 0 Å². The molecular weight excluding hydrogens is 240 g/mol. The molecule has 19 heavy (non-hydrogen) atoms. The first-order valence-electron chi connectivity index (χ1n) is 6.92. The molecule has 0 spiro atoms. The fourth-order valence-corrected chi connectivity index (χ4v) is 2.60. The van der Waals surface area contributed by atoms with Crippen LogP contribution < -0.4 is 5.73 Å². The molecule has 1 amide bonds. The molecule has 104 valence electrons. The van der Waals surface area contributed by atoms with Gasteiger partial charge in [0.25, 0.3) is 0 Å². The summed E-state index contributed by atoms with van der Waals surface area (Å²) >= 11 is 0. The van der Waals surface area contributed by atoms with E-state index >= 15 is 0 Å². The molecule has 0 radical (unpaired) electrons. The number of amides is 1. The minimum absolute atomic E-state index is 0.457. The number of piperidine rings is 1. The van der Waals surface area contributed by atoms with Crippen molar-refractivity contribution in [1.29, 1.82) is 0 Å². The van der Waals surface area contributed by atoms with Crippen LogP contribution in [0.5, 0.6) is 0 Å². The molecular formula is C15H22N2O2. The van der Waals surface area contributed by atoms with Crippen molar-refractivity contribution in [2.75, 3.05) is 19.7 Å². The lowest BCUT2D eigenvalue weighted by Crippen LogP contribution is -2.33. The van der Waals surface area contributed by atoms with Crippen LogP contribution in [0.2, 0.25) is 0 Å². The maximum Gasteiger partial charge on any atom is 0.404 e. The lowest BCUT2D eigenvalue weighted by Gasteiger charge is -2.31. The number of hydrogen-bond donors (Lipinski definition) is 1. The highest BCUT2D eigenvalue weighted by molar-refractivity contribution is 5.64. The second kappa shape index (κ2) is 7.14. The van der Waals surface area contributed by atoms with E-state index in [1.165, 1.54) is 18.4 Å². The molecule has 1 heterocycles. The number of hydrogen-bond acceptors (Lipinski definition) is 3. The Kier molecular flexibility index (Phi) is 5.21. The van der Waals surface area contributed by atoms with E-state index < -0.39 is 6.09 Å². The largest absolute Gasteiger partial charge is 0.450 e. The van der Waals surface area contributed by atoms with Gasteiger partial charge in [0, 0.05) is 6.54 Å². The van der Waals surface area contributed by atoms with Crippen LogP contribution in [0, 0.1) is 5.92 Å². The number of nitrogens with zero attached hydrogens (tertiary/aromatic N) is 1. The fraction of sp³-hybridized carbons (Fsp3) is 0.533. The average Bonchev–Trinajstić information content (AvgIpc) is 2.42. The topological polar surface area (TPSA) is 55.6 Å². The van der Waals surface area contributed by atoms with Gasteiger partial charge in [0.05, 0.1) is 6.61 Å². The Balaban J connectivity index is 1.66. The number of carbonyl (C=O) groups is 1. The summed E-state index contributed by atoms with van der Waals surface area (Å²) in [7, 11) is 0. The predicted molar refractivity (Wildman–Crippen MR) is 74.6 cm³/mol. The minimum atomic E-state index is -0.665. The fourth-order valence-electron chi connectivity index (χ4n) is 2.60. The number of ether oxygens (including phenoxy) is 1. The van der Waals surface area contributed by atoms with Crippen LogP contribution in [0.4, 0.5) is 4.79 Å². The van der Waals surface area contributed by atoms with Gasteiger partial charge < -0.3 is 10.5 Å². The number of rotatable bonds is 5. The number of benzene rings is 1. The number of nitrogens with two attached hydrogens (primary N) is 1. The summed E-state index contributed by atoms with van der Waals surface area (Å²) in [6.45, 7) is 3.73. The first kappa shape index (κ1) is 13.9. The average molecular weight is 262 g/mol. The second-order valence-corrected chi connectivity index (χ2v) is 5.16. The molecule has 2 N–H and O–H groups in total. The van der Waals surface area contributed by atoms with Gasteiger partial charge in [0.1, 0.15) is 0 Å². The quantitative estimate of drug-likeness (QED) is 0.886. The molecule has 1 aliphatic heterocycles. The van der Waals surface area contributed by atoms with E-state index in [-0.39, 0.29) is 0 Å². The van der Waals surface area contributed by atoms with Crippen molar-refractivity contribution in [2.45, 2.75) is 25.8 Å². The van der Waals surface area contributed by atoms with Crippen LogP contribution in [0.1, 0.15) is 24.8 Å². The van der Waals surface area contributed by atoms with Crippen LogP contribution in [0.25, 0.3) is 0 Å². The standard InChI is InChI=1S/C15H22N2O2/c16-15(18)19-11-8-13-6-9-17(10-7-13)12-14-4-2-1-3-5-14/h1-5,13H,6-12H2,(H2,16,18). The predicted octanol–water partition coefficient (Wildman–Crippen LogP) is 2.38. The van der Waals surface area contributed by atoms with Gasteiger partial charge in [-0.15, -0.1) is 0 Å². The second-order valence-electron chi connectivity index (χ2n) is 5.16. The van der Waals surface area contributed by atoms with E-state index in [0.29, 0.717) is 12.5 Å². The van der Waals surface area contributed by atoms with Gasteiger partial charge in [-0.05, 0) is 43.8 Å². The molecule has 4 nitrogen and oxygen atoms in total. The third-order valence-electron chi connectivity index (χ3n) is 3.73. The molecule has 0 bridgehead atoms. The van der Waals surface area contributed by atoms with Crippen molar-refractivity contribution in [3.05, 3.63) is 35.9 Å². The summed E-state index contributed by atoms with van der Waals surface area (Å²) in [6, 6.07) is 10.6. The molecule has 0 atom stereocenters. The van der Waals surface area contributed by atoms with Gasteiger partial charge in [-0.3, -0.25) is 4.90 Å². The SMILES string of the molecule is NC(=O)OCCC1CCN(Cc2ccccc2)CC1. The van der Waals surface area contributed by atoms with Crippen LogP contribution in [-0.2, 0) is 11.3 Å². The highest BCUT2D eigenvalue weighted by atomic mass is 16.5. The van der Waals surface area contributed by atoms with E-state index in [1.54, 1.807) is 0 Å². The number of likely N-dealkylation sites (tertiary alicyclic amines) is 1. The van der Waals surface area contributed by atoms with Gasteiger partial charge in [0.15, 0.2) is 0 Å². The minimum Gasteiger partial charge on any atom is -0.450 e. The lowest BCUT2D eigenvalue weighted by atomic mass is 9.93. The first-order chi connectivity index (χ1) is 9.24. The molecule has 1 aliphatic rings. The third kappa shape index (κ3) is 4.91. The zero-order valence-corrected chi connectivity index (χ0v) is 11.3. The summed E-state index contributed by atoms with van der Waals surface area (Å²) in [5.74, 6) is 0.659. The molecule has 0 aromatic heterocycles. The maximum absolute atomic E-state index is 10.5. The number of carbonyl (C=O) groups excluding carboxylic acids is 1. The van der Waals surface area contributed by atoms with E-state index in [9.17, 15) is 4.79 Å². The van der Waals surface area contributed by atoms with Crippen LogP contribution in [-0.4, -0.2) is 30.7 Å². The Bertz CT molecular complexity index is 386. The van der Waals surface area contributed by atoms with Crippen LogP contribution in [0.15, 0.2) is 30.3 Å². The van der Waals surface area contributed by atoms with Crippen molar-refractivity contribution in [2.24, 2.45) is 11.7 Å². The zero-order chi connectivity index (χ0) is 13.5. The Hall–Kier alpha value is -1.55. The van der Waals surface area contributed by atoms with Gasteiger partial charge in [0.2, 0.25) is 0 Å². The molecule has 2 rings (SSSR count). The monoisotopic (exact) mass is 262 g/mol. The van der Waals surface area contributed by atoms with Crippen LogP contribution in [0.3, 0.4) is 0 Å². The Morgan fingerprint density at radius 3 is 2.58 bits per heavy atom. The summed E-state index contributed by atoms with van der Waals surface area (Å²) in [4.78, 5) is 13.0. The summed E-state index contributed by atoms with van der Waals surface area (Å²) in [5, 5.41) is 0. The van der Waals surface area contributed by atoms with Gasteiger partial charge in [-0.1, -0.05) is 30.3 Å². The molecule has 1 fully saturated rings. The molecule has 1 aromatic carbocycles. The summed E-state index contributed by atoms with van der Waals surface area (Å²) in [5.41, 5.74) is 6.32. The smallest absolute Gasteiger partial charge is 0.404 e. The number of primary amides is 1. The van der Waals surface area contributed by atoms with Gasteiger partial charge >= 0.3 is 6.09 Å². The molecule has 0 aliphatic carbocycles. The van der Waals surface area contributed by atoms with Gasteiger partial charge in [-0.25, -0.2) is 4.79 Å². The normalized spacial score (nSPS) is 17.3. The molecule has 1 saturated heterocycles. The Morgan fingerprint density at radius 1 is 1.26 bits per heavy atom. The van der Waals surface area contributed by atoms with E-state index in [1.807, 2.05) is 0 Å². The molecule has 0 unspecified atom stereocenters. The van der Waals surface area contributed by atoms with Crippen molar-refractivity contribution >= 4 is 6.09 Å². The highest BCUT2D eigenvalue weighted by Crippen LogP contribution is 2.21. The first-order valence-corrected chi connectivity index (χ1v) is 6.92. The van der Waals surface area contributed by atoms with E-state index in [2.05, 4.69) is 35.2 Å². The maximum atomic E-state index is 10.5. The zero-order valence-electron chi connectivity index (χ0n) is 11.3. The van der Waals surface area contributed by atoms with Crippen molar-refractivity contribution < 1.29 is 9.53 Å². The molecule has 4 heteroatoms. The van der Waals surface area contributed by atoms with E-state index in [0.717, 1.165) is 26.1 Å². The Morgan fingerprint density at radius 2 is 1.95 bits per heavy atom. The molecule has 0 saturated carbocycles. The van der Waals surface area contributed by atoms with Crippen molar-refractivity contribution in [1.82, 2.24) is 4.90 Å². The molecule has 1 aromatic rings. The summed E-state index contributed by atoms with van der Waals surface area (Å²) < 4.78 is 4.79. The third-order valence-corrected chi connectivity index (χ3v) is 3.73.